The van der Waals surface area contributed by atoms with Gasteiger partial charge in [-0.3, -0.25) is 14.7 Å². The molecule has 1 aromatic heterocycles. The minimum atomic E-state index is -4.23. The molecule has 2 amide bonds. The van der Waals surface area contributed by atoms with Gasteiger partial charge in [-0.2, -0.15) is 9.40 Å². The smallest absolute Gasteiger partial charge is 0.258 e. The number of nitrogens with one attached hydrogen (secondary N) is 3. The fourth-order valence-corrected chi connectivity index (χ4v) is 7.03. The maximum atomic E-state index is 13.8. The van der Waals surface area contributed by atoms with Gasteiger partial charge in [0, 0.05) is 74.6 Å². The zero-order chi connectivity index (χ0) is 30.3. The molecule has 0 atom stereocenters. The summed E-state index contributed by atoms with van der Waals surface area (Å²) in [5, 5.41) is 12.8. The number of nitrogens with zero attached hydrogens (tertiary/aromatic N) is 4. The molecule has 2 aromatic carbocycles. The van der Waals surface area contributed by atoms with Crippen LogP contribution in [0.5, 0.6) is 0 Å². The Morgan fingerprint density at radius 3 is 2.37 bits per heavy atom. The molecule has 2 fully saturated rings. The molecular weight excluding hydrogens is 580 g/mol. The molecule has 3 N–H and O–H groups in total. The van der Waals surface area contributed by atoms with Crippen molar-refractivity contribution in [1.82, 2.24) is 19.4 Å². The Labute approximate surface area is 248 Å². The SMILES string of the molecule is CN1CCN(c2ccc(C(=O)Nc3n[nH]c4c3CN(S(=O)(=O)c3cc(F)cc(F)c3)CC4)c(NC(=O)C3CCC3)c2)CC1. The highest BCUT2D eigenvalue weighted by atomic mass is 32.2. The fraction of sp³-hybridized carbons (Fsp3) is 0.414. The van der Waals surface area contributed by atoms with Gasteiger partial charge in [-0.05, 0) is 50.2 Å². The molecule has 0 bridgehead atoms. The molecule has 3 aromatic rings. The normalized spacial score (nSPS) is 18.2. The molecule has 1 aliphatic carbocycles. The molecule has 6 rings (SSSR count). The lowest BCUT2D eigenvalue weighted by Gasteiger charge is -2.34. The Kier molecular flexibility index (Phi) is 7.92. The van der Waals surface area contributed by atoms with Gasteiger partial charge in [0.1, 0.15) is 11.6 Å². The minimum absolute atomic E-state index is 0.0636. The number of likely N-dealkylation sites (N-methyl/N-ethyl adjacent to an activating group) is 1. The number of aromatic amines is 1. The van der Waals surface area contributed by atoms with Gasteiger partial charge in [0.05, 0.1) is 16.1 Å². The molecule has 1 saturated heterocycles. The van der Waals surface area contributed by atoms with Gasteiger partial charge in [0.25, 0.3) is 5.91 Å². The second-order valence-corrected chi connectivity index (χ2v) is 13.3. The molecule has 43 heavy (non-hydrogen) atoms. The maximum absolute atomic E-state index is 13.8. The summed E-state index contributed by atoms with van der Waals surface area (Å²) < 4.78 is 55.1. The summed E-state index contributed by atoms with van der Waals surface area (Å²) in [5.41, 5.74) is 2.65. The number of piperazine rings is 1. The molecule has 1 saturated carbocycles. The zero-order valence-electron chi connectivity index (χ0n) is 23.7. The monoisotopic (exact) mass is 613 g/mol. The van der Waals surface area contributed by atoms with Crippen LogP contribution in [0, 0.1) is 17.6 Å². The van der Waals surface area contributed by atoms with Crippen LogP contribution >= 0.6 is 0 Å². The number of benzene rings is 2. The summed E-state index contributed by atoms with van der Waals surface area (Å²) in [7, 11) is -2.16. The Hall–Kier alpha value is -3.88. The number of carbonyl (C=O) groups is 2. The van der Waals surface area contributed by atoms with Crippen molar-refractivity contribution >= 4 is 39.0 Å². The van der Waals surface area contributed by atoms with E-state index >= 15 is 0 Å². The second kappa shape index (κ2) is 11.7. The number of carbonyl (C=O) groups excluding carboxylic acids is 2. The predicted molar refractivity (Wildman–Crippen MR) is 156 cm³/mol. The van der Waals surface area contributed by atoms with Crippen LogP contribution in [0.15, 0.2) is 41.3 Å². The third-order valence-electron chi connectivity index (χ3n) is 8.45. The van der Waals surface area contributed by atoms with E-state index in [1.165, 1.54) is 0 Å². The number of aromatic nitrogens is 2. The fourth-order valence-electron chi connectivity index (χ4n) is 5.58. The summed E-state index contributed by atoms with van der Waals surface area (Å²) >= 11 is 0. The molecule has 0 radical (unpaired) electrons. The molecule has 14 heteroatoms. The maximum Gasteiger partial charge on any atom is 0.258 e. The van der Waals surface area contributed by atoms with Gasteiger partial charge in [-0.1, -0.05) is 6.42 Å². The topological polar surface area (TPSA) is 131 Å². The number of halogens is 2. The van der Waals surface area contributed by atoms with Crippen molar-refractivity contribution in [3.8, 4) is 0 Å². The van der Waals surface area contributed by atoms with E-state index < -0.39 is 32.5 Å². The number of fused-ring (bicyclic) bond motifs is 1. The van der Waals surface area contributed by atoms with Crippen LogP contribution in [0.2, 0.25) is 0 Å². The summed E-state index contributed by atoms with van der Waals surface area (Å²) in [6, 6.07) is 7.51. The summed E-state index contributed by atoms with van der Waals surface area (Å²) in [5.74, 6) is -2.57. The second-order valence-electron chi connectivity index (χ2n) is 11.3. The minimum Gasteiger partial charge on any atom is -0.369 e. The number of sulfonamides is 1. The number of anilines is 3. The molecule has 0 spiro atoms. The van der Waals surface area contributed by atoms with Crippen molar-refractivity contribution in [2.75, 3.05) is 55.3 Å². The lowest BCUT2D eigenvalue weighted by molar-refractivity contribution is -0.122. The van der Waals surface area contributed by atoms with Gasteiger partial charge >= 0.3 is 0 Å². The van der Waals surface area contributed by atoms with E-state index in [1.807, 2.05) is 12.1 Å². The van der Waals surface area contributed by atoms with Gasteiger partial charge in [0.2, 0.25) is 15.9 Å². The molecular formula is C29H33F2N7O4S. The largest absolute Gasteiger partial charge is 0.369 e. The van der Waals surface area contributed by atoms with E-state index in [-0.39, 0.29) is 42.7 Å². The Balaban J connectivity index is 1.24. The van der Waals surface area contributed by atoms with E-state index in [0.29, 0.717) is 23.0 Å². The van der Waals surface area contributed by atoms with E-state index in [2.05, 4.69) is 37.7 Å². The van der Waals surface area contributed by atoms with Crippen molar-refractivity contribution in [2.45, 2.75) is 37.1 Å². The Morgan fingerprint density at radius 1 is 0.977 bits per heavy atom. The highest BCUT2D eigenvalue weighted by molar-refractivity contribution is 7.89. The molecule has 2 aliphatic heterocycles. The van der Waals surface area contributed by atoms with Crippen LogP contribution in [0.1, 0.15) is 40.9 Å². The molecule has 11 nitrogen and oxygen atoms in total. The molecule has 3 heterocycles. The van der Waals surface area contributed by atoms with E-state index in [4.69, 9.17) is 0 Å². The lowest BCUT2D eigenvalue weighted by Crippen LogP contribution is -2.44. The van der Waals surface area contributed by atoms with Crippen LogP contribution in [0.3, 0.4) is 0 Å². The predicted octanol–water partition coefficient (Wildman–Crippen LogP) is 3.18. The van der Waals surface area contributed by atoms with Gasteiger partial charge < -0.3 is 20.4 Å². The average molecular weight is 614 g/mol. The van der Waals surface area contributed by atoms with E-state index in [9.17, 15) is 26.8 Å². The number of rotatable bonds is 7. The third-order valence-corrected chi connectivity index (χ3v) is 10.3. The average Bonchev–Trinajstić information content (AvgIpc) is 3.33. The number of amides is 2. The third kappa shape index (κ3) is 5.99. The lowest BCUT2D eigenvalue weighted by atomic mass is 9.84. The number of hydrogen-bond donors (Lipinski definition) is 3. The zero-order valence-corrected chi connectivity index (χ0v) is 24.5. The summed E-state index contributed by atoms with van der Waals surface area (Å²) in [4.78, 5) is 30.5. The summed E-state index contributed by atoms with van der Waals surface area (Å²) in [6.45, 7) is 3.34. The first-order chi connectivity index (χ1) is 20.6. The van der Waals surface area contributed by atoms with Crippen molar-refractivity contribution in [1.29, 1.82) is 0 Å². The number of hydrogen-bond acceptors (Lipinski definition) is 7. The van der Waals surface area contributed by atoms with Gasteiger partial charge in [-0.25, -0.2) is 17.2 Å². The molecule has 0 unspecified atom stereocenters. The number of H-pyrrole nitrogens is 1. The van der Waals surface area contributed by atoms with E-state index in [1.54, 1.807) is 6.07 Å². The van der Waals surface area contributed by atoms with Crippen LogP contribution in [0.4, 0.5) is 26.0 Å². The van der Waals surface area contributed by atoms with Crippen LogP contribution in [0.25, 0.3) is 0 Å². The first-order valence-electron chi connectivity index (χ1n) is 14.3. The van der Waals surface area contributed by atoms with E-state index in [0.717, 1.165) is 67.6 Å². The molecule has 228 valence electrons. The van der Waals surface area contributed by atoms with Crippen molar-refractivity contribution in [3.05, 3.63) is 64.9 Å². The van der Waals surface area contributed by atoms with Gasteiger partial charge in [0.15, 0.2) is 5.82 Å². The van der Waals surface area contributed by atoms with Crippen molar-refractivity contribution in [3.63, 3.8) is 0 Å². The Bertz CT molecular complexity index is 1650. The first-order valence-corrected chi connectivity index (χ1v) is 15.7. The first kappa shape index (κ1) is 29.2. The van der Waals surface area contributed by atoms with Gasteiger partial charge in [-0.15, -0.1) is 0 Å². The quantitative estimate of drug-likeness (QED) is 0.373. The van der Waals surface area contributed by atoms with Crippen LogP contribution < -0.4 is 15.5 Å². The highest BCUT2D eigenvalue weighted by Crippen LogP contribution is 2.32. The van der Waals surface area contributed by atoms with Crippen LogP contribution in [-0.2, 0) is 27.8 Å². The standard InChI is InChI=1S/C29H33F2N7O4S/c1-36-9-11-37(12-10-36)21-5-6-23(26(16-21)32-28(39)18-3-2-4-18)29(40)33-27-24-17-38(8-7-25(24)34-35-27)43(41,42)22-14-19(30)13-20(31)15-22/h5-6,13-16,18H,2-4,7-12,17H2,1H3,(H,32,39)(H2,33,34,35,40). The summed E-state index contributed by atoms with van der Waals surface area (Å²) in [6.07, 6.45) is 2.88. The molecule has 3 aliphatic rings. The Morgan fingerprint density at radius 2 is 1.70 bits per heavy atom. The highest BCUT2D eigenvalue weighted by Gasteiger charge is 2.33. The van der Waals surface area contributed by atoms with Crippen LogP contribution in [-0.4, -0.2) is 79.4 Å². The van der Waals surface area contributed by atoms with Crippen molar-refractivity contribution < 1.29 is 26.8 Å². The van der Waals surface area contributed by atoms with Crippen molar-refractivity contribution in [2.24, 2.45) is 5.92 Å².